The normalized spacial score (nSPS) is 18.7. The Bertz CT molecular complexity index is 961. The second-order valence-corrected chi connectivity index (χ2v) is 10.6. The number of aryl methyl sites for hydroxylation is 2. The minimum atomic E-state index is 0.105. The monoisotopic (exact) mass is 449 g/mol. The predicted molar refractivity (Wildman–Crippen MR) is 123 cm³/mol. The number of aromatic nitrogens is 2. The summed E-state index contributed by atoms with van der Waals surface area (Å²) in [6.45, 7) is 1.37. The molecule has 4 rings (SSSR count). The van der Waals surface area contributed by atoms with Crippen molar-refractivity contribution in [2.45, 2.75) is 75.6 Å². The van der Waals surface area contributed by atoms with Gasteiger partial charge in [-0.2, -0.15) is 0 Å². The molecule has 0 aromatic carbocycles. The van der Waals surface area contributed by atoms with E-state index in [9.17, 15) is 9.59 Å². The van der Waals surface area contributed by atoms with E-state index in [1.807, 2.05) is 4.57 Å². The second kappa shape index (κ2) is 9.83. The van der Waals surface area contributed by atoms with Crippen molar-refractivity contribution in [2.75, 3.05) is 26.5 Å². The summed E-state index contributed by atoms with van der Waals surface area (Å²) in [5.41, 5.74) is 1.36. The highest BCUT2D eigenvalue weighted by molar-refractivity contribution is 7.99. The van der Waals surface area contributed by atoms with Gasteiger partial charge in [0, 0.05) is 37.8 Å². The summed E-state index contributed by atoms with van der Waals surface area (Å²) in [6.07, 6.45) is 8.96. The van der Waals surface area contributed by atoms with Crippen molar-refractivity contribution in [1.82, 2.24) is 14.5 Å². The lowest BCUT2D eigenvalue weighted by molar-refractivity contribution is -0.128. The molecule has 0 saturated carbocycles. The van der Waals surface area contributed by atoms with Crippen LogP contribution in [-0.4, -0.2) is 52.9 Å². The standard InChI is InChI=1S/C22H31N3O3S2/c1-24(2)18(26)11-5-6-13-29-22-23-20-19(16-9-3-4-10-17(16)30-20)21(27)25(22)14-15-8-7-12-28-15/h15H,3-14H2,1-2H3. The number of unbranched alkanes of at least 4 members (excludes halogenated alkanes) is 1. The molecule has 1 aliphatic carbocycles. The minimum absolute atomic E-state index is 0.105. The highest BCUT2D eigenvalue weighted by atomic mass is 32.2. The van der Waals surface area contributed by atoms with E-state index in [2.05, 4.69) is 0 Å². The van der Waals surface area contributed by atoms with Crippen LogP contribution in [0, 0.1) is 0 Å². The molecule has 2 aromatic heterocycles. The van der Waals surface area contributed by atoms with Crippen LogP contribution in [0.2, 0.25) is 0 Å². The molecule has 1 unspecified atom stereocenters. The summed E-state index contributed by atoms with van der Waals surface area (Å²) in [6, 6.07) is 0. The molecule has 164 valence electrons. The van der Waals surface area contributed by atoms with Crippen LogP contribution in [0.5, 0.6) is 0 Å². The van der Waals surface area contributed by atoms with E-state index in [-0.39, 0.29) is 17.6 Å². The SMILES string of the molecule is CN(C)C(=O)CCCCSc1nc2sc3c(c2c(=O)n1CC1CCCO1)CCCC3. The number of nitrogens with zero attached hydrogens (tertiary/aromatic N) is 3. The second-order valence-electron chi connectivity index (χ2n) is 8.43. The Hall–Kier alpha value is -1.38. The molecule has 0 spiro atoms. The molecule has 8 heteroatoms. The van der Waals surface area contributed by atoms with Gasteiger partial charge in [-0.05, 0) is 56.9 Å². The van der Waals surface area contributed by atoms with E-state index >= 15 is 0 Å². The van der Waals surface area contributed by atoms with Crippen molar-refractivity contribution in [3.63, 3.8) is 0 Å². The van der Waals surface area contributed by atoms with Gasteiger partial charge in [-0.25, -0.2) is 4.98 Å². The topological polar surface area (TPSA) is 64.4 Å². The highest BCUT2D eigenvalue weighted by Crippen LogP contribution is 2.35. The van der Waals surface area contributed by atoms with Gasteiger partial charge in [0.15, 0.2) is 5.16 Å². The third-order valence-corrected chi connectivity index (χ3v) is 8.21. The van der Waals surface area contributed by atoms with E-state index in [0.717, 1.165) is 72.7 Å². The van der Waals surface area contributed by atoms with Crippen LogP contribution < -0.4 is 5.56 Å². The van der Waals surface area contributed by atoms with Gasteiger partial charge in [0.2, 0.25) is 5.91 Å². The fourth-order valence-corrected chi connectivity index (χ4v) is 6.56. The Morgan fingerprint density at radius 2 is 2.10 bits per heavy atom. The van der Waals surface area contributed by atoms with Crippen molar-refractivity contribution in [3.05, 3.63) is 20.8 Å². The molecule has 30 heavy (non-hydrogen) atoms. The third kappa shape index (κ3) is 4.75. The summed E-state index contributed by atoms with van der Waals surface area (Å²) >= 11 is 3.35. The number of carbonyl (C=O) groups excluding carboxylic acids is 1. The zero-order valence-electron chi connectivity index (χ0n) is 17.9. The summed E-state index contributed by atoms with van der Waals surface area (Å²) in [7, 11) is 3.58. The average molecular weight is 450 g/mol. The zero-order valence-corrected chi connectivity index (χ0v) is 19.6. The Morgan fingerprint density at radius 3 is 2.87 bits per heavy atom. The van der Waals surface area contributed by atoms with E-state index in [1.165, 1.54) is 16.9 Å². The van der Waals surface area contributed by atoms with Gasteiger partial charge in [0.25, 0.3) is 5.56 Å². The Balaban J connectivity index is 1.55. The first-order valence-corrected chi connectivity index (χ1v) is 12.8. The first-order chi connectivity index (χ1) is 14.5. The zero-order chi connectivity index (χ0) is 21.1. The summed E-state index contributed by atoms with van der Waals surface area (Å²) < 4.78 is 7.70. The summed E-state index contributed by atoms with van der Waals surface area (Å²) in [4.78, 5) is 34.1. The van der Waals surface area contributed by atoms with Crippen LogP contribution >= 0.6 is 23.1 Å². The smallest absolute Gasteiger partial charge is 0.263 e. The Labute approximate surface area is 186 Å². The molecule has 1 aliphatic heterocycles. The van der Waals surface area contributed by atoms with Gasteiger partial charge in [0.1, 0.15) is 4.83 Å². The lowest BCUT2D eigenvalue weighted by Gasteiger charge is -2.16. The van der Waals surface area contributed by atoms with Crippen molar-refractivity contribution in [1.29, 1.82) is 0 Å². The highest BCUT2D eigenvalue weighted by Gasteiger charge is 2.24. The fraction of sp³-hybridized carbons (Fsp3) is 0.682. The number of hydrogen-bond donors (Lipinski definition) is 0. The number of amides is 1. The maximum atomic E-state index is 13.5. The number of fused-ring (bicyclic) bond motifs is 3. The molecule has 2 aromatic rings. The largest absolute Gasteiger partial charge is 0.376 e. The van der Waals surface area contributed by atoms with Gasteiger partial charge in [-0.3, -0.25) is 14.2 Å². The number of hydrogen-bond acceptors (Lipinski definition) is 6. The molecule has 1 saturated heterocycles. The molecule has 1 amide bonds. The van der Waals surface area contributed by atoms with Gasteiger partial charge in [-0.15, -0.1) is 11.3 Å². The minimum Gasteiger partial charge on any atom is -0.376 e. The lowest BCUT2D eigenvalue weighted by Crippen LogP contribution is -2.29. The predicted octanol–water partition coefficient (Wildman–Crippen LogP) is 3.87. The molecule has 0 bridgehead atoms. The van der Waals surface area contributed by atoms with E-state index < -0.39 is 0 Å². The molecule has 2 aliphatic rings. The molecule has 3 heterocycles. The number of carbonyl (C=O) groups is 1. The number of thiophene rings is 1. The number of thioether (sulfide) groups is 1. The maximum Gasteiger partial charge on any atom is 0.263 e. The molecule has 6 nitrogen and oxygen atoms in total. The van der Waals surface area contributed by atoms with Crippen LogP contribution in [0.1, 0.15) is 55.4 Å². The molecule has 1 fully saturated rings. The van der Waals surface area contributed by atoms with Gasteiger partial charge < -0.3 is 9.64 Å². The van der Waals surface area contributed by atoms with Gasteiger partial charge in [-0.1, -0.05) is 11.8 Å². The summed E-state index contributed by atoms with van der Waals surface area (Å²) in [5, 5.41) is 1.66. The Kier molecular flexibility index (Phi) is 7.16. The quantitative estimate of drug-likeness (QED) is 0.348. The van der Waals surface area contributed by atoms with E-state index in [1.54, 1.807) is 42.1 Å². The van der Waals surface area contributed by atoms with Crippen LogP contribution in [0.15, 0.2) is 9.95 Å². The van der Waals surface area contributed by atoms with Gasteiger partial charge in [0.05, 0.1) is 18.0 Å². The van der Waals surface area contributed by atoms with Crippen LogP contribution in [-0.2, 0) is 28.9 Å². The van der Waals surface area contributed by atoms with Crippen molar-refractivity contribution >= 4 is 39.2 Å². The van der Waals surface area contributed by atoms with Crippen LogP contribution in [0.25, 0.3) is 10.2 Å². The van der Waals surface area contributed by atoms with Crippen molar-refractivity contribution < 1.29 is 9.53 Å². The Morgan fingerprint density at radius 1 is 1.27 bits per heavy atom. The summed E-state index contributed by atoms with van der Waals surface area (Å²) in [5.74, 6) is 1.02. The lowest BCUT2D eigenvalue weighted by atomic mass is 9.97. The van der Waals surface area contributed by atoms with Crippen LogP contribution in [0.4, 0.5) is 0 Å². The van der Waals surface area contributed by atoms with Crippen LogP contribution in [0.3, 0.4) is 0 Å². The molecular formula is C22H31N3O3S2. The van der Waals surface area contributed by atoms with Crippen molar-refractivity contribution in [3.8, 4) is 0 Å². The first-order valence-electron chi connectivity index (χ1n) is 11.0. The number of rotatable bonds is 8. The molecule has 0 N–H and O–H groups in total. The fourth-order valence-electron chi connectivity index (χ4n) is 4.25. The van der Waals surface area contributed by atoms with Crippen molar-refractivity contribution in [2.24, 2.45) is 0 Å². The number of ether oxygens (including phenoxy) is 1. The average Bonchev–Trinajstić information content (AvgIpc) is 3.37. The maximum absolute atomic E-state index is 13.5. The first kappa shape index (κ1) is 21.8. The van der Waals surface area contributed by atoms with E-state index in [4.69, 9.17) is 9.72 Å². The van der Waals surface area contributed by atoms with E-state index in [0.29, 0.717) is 13.0 Å². The molecular weight excluding hydrogens is 418 g/mol. The molecule has 1 atom stereocenters. The molecule has 0 radical (unpaired) electrons. The third-order valence-electron chi connectivity index (χ3n) is 5.96. The van der Waals surface area contributed by atoms with Gasteiger partial charge >= 0.3 is 0 Å².